The Morgan fingerprint density at radius 1 is 1.30 bits per heavy atom. The van der Waals surface area contributed by atoms with E-state index in [0.29, 0.717) is 12.5 Å². The minimum Gasteiger partial charge on any atom is -0.496 e. The smallest absolute Gasteiger partial charge is 0.191 e. The number of thiophene rings is 1. The zero-order valence-electron chi connectivity index (χ0n) is 16.4. The second-order valence-corrected chi connectivity index (χ2v) is 7.37. The van der Waals surface area contributed by atoms with Gasteiger partial charge in [-0.05, 0) is 55.8 Å². The first-order valence-electron chi connectivity index (χ1n) is 8.88. The van der Waals surface area contributed by atoms with E-state index in [-0.39, 0.29) is 24.0 Å². The van der Waals surface area contributed by atoms with Gasteiger partial charge in [0.2, 0.25) is 0 Å². The van der Waals surface area contributed by atoms with E-state index in [1.54, 1.807) is 25.4 Å². The van der Waals surface area contributed by atoms with Gasteiger partial charge in [0, 0.05) is 18.0 Å². The highest BCUT2D eigenvalue weighted by Gasteiger charge is 2.23. The number of halogens is 1. The summed E-state index contributed by atoms with van der Waals surface area (Å²) in [4.78, 5) is 5.47. The predicted molar refractivity (Wildman–Crippen MR) is 125 cm³/mol. The quantitative estimate of drug-likeness (QED) is 0.292. The Hall–Kier alpha value is -1.32. The maximum absolute atomic E-state index is 10.6. The van der Waals surface area contributed by atoms with Crippen molar-refractivity contribution >= 4 is 41.3 Å². The van der Waals surface area contributed by atoms with Crippen molar-refractivity contribution in [3.63, 3.8) is 0 Å². The number of aryl methyl sites for hydroxylation is 1. The Labute approximate surface area is 183 Å². The summed E-state index contributed by atoms with van der Waals surface area (Å²) in [7, 11) is 1.69. The third-order valence-electron chi connectivity index (χ3n) is 4.12. The second kappa shape index (κ2) is 11.5. The fourth-order valence-electron chi connectivity index (χ4n) is 2.58. The molecule has 150 valence electrons. The molecule has 2 rings (SSSR count). The molecule has 1 aromatic heterocycles. The lowest BCUT2D eigenvalue weighted by Crippen LogP contribution is -2.39. The average Bonchev–Trinajstić information content (AvgIpc) is 3.17. The molecule has 0 saturated heterocycles. The van der Waals surface area contributed by atoms with E-state index in [4.69, 9.17) is 4.74 Å². The molecular formula is C20H30IN3O2S. The molecule has 0 fully saturated rings. The van der Waals surface area contributed by atoms with Gasteiger partial charge in [-0.25, -0.2) is 4.99 Å². The van der Waals surface area contributed by atoms with Gasteiger partial charge in [-0.3, -0.25) is 0 Å². The van der Waals surface area contributed by atoms with Crippen LogP contribution >= 0.6 is 35.3 Å². The number of benzene rings is 1. The van der Waals surface area contributed by atoms with Crippen molar-refractivity contribution in [2.75, 3.05) is 26.7 Å². The summed E-state index contributed by atoms with van der Waals surface area (Å²) in [6.07, 6.45) is 0.863. The summed E-state index contributed by atoms with van der Waals surface area (Å²) in [6, 6.07) is 10.1. The minimum absolute atomic E-state index is 0. The molecule has 27 heavy (non-hydrogen) atoms. The highest BCUT2D eigenvalue weighted by molar-refractivity contribution is 14.0. The monoisotopic (exact) mass is 503 g/mol. The normalized spacial score (nSPS) is 13.4. The number of nitrogens with one attached hydrogen (secondary N) is 2. The number of guanidine groups is 1. The molecule has 0 aliphatic carbocycles. The van der Waals surface area contributed by atoms with Crippen molar-refractivity contribution < 1.29 is 9.84 Å². The SMILES string of the molecule is CCNC(=NCC(C)(O)c1cccs1)NCCc1ccc(C)c(OC)c1.I. The van der Waals surface area contributed by atoms with Crippen LogP contribution in [0.1, 0.15) is 29.9 Å². The molecule has 0 bridgehead atoms. The molecule has 5 nitrogen and oxygen atoms in total. The number of aliphatic hydroxyl groups is 1. The topological polar surface area (TPSA) is 65.9 Å². The summed E-state index contributed by atoms with van der Waals surface area (Å²) in [5, 5.41) is 19.1. The van der Waals surface area contributed by atoms with E-state index in [1.165, 1.54) is 5.56 Å². The van der Waals surface area contributed by atoms with E-state index >= 15 is 0 Å². The van der Waals surface area contributed by atoms with E-state index in [1.807, 2.05) is 31.4 Å². The first kappa shape index (κ1) is 23.7. The fraction of sp³-hybridized carbons (Fsp3) is 0.450. The first-order chi connectivity index (χ1) is 12.5. The van der Waals surface area contributed by atoms with Crippen LogP contribution in [-0.4, -0.2) is 37.8 Å². The van der Waals surface area contributed by atoms with E-state index in [2.05, 4.69) is 33.8 Å². The minimum atomic E-state index is -0.957. The molecule has 0 aliphatic heterocycles. The van der Waals surface area contributed by atoms with Crippen LogP contribution in [0.2, 0.25) is 0 Å². The summed E-state index contributed by atoms with van der Waals surface area (Å²) in [6.45, 7) is 7.69. The summed E-state index contributed by atoms with van der Waals surface area (Å²) in [5.74, 6) is 1.62. The lowest BCUT2D eigenvalue weighted by molar-refractivity contribution is 0.0711. The van der Waals surface area contributed by atoms with Crippen molar-refractivity contribution in [2.45, 2.75) is 32.8 Å². The number of nitrogens with zero attached hydrogens (tertiary/aromatic N) is 1. The molecule has 0 saturated carbocycles. The van der Waals surface area contributed by atoms with Crippen molar-refractivity contribution in [1.82, 2.24) is 10.6 Å². The maximum atomic E-state index is 10.6. The zero-order chi connectivity index (χ0) is 19.0. The lowest BCUT2D eigenvalue weighted by Gasteiger charge is -2.20. The molecule has 1 heterocycles. The molecule has 7 heteroatoms. The van der Waals surface area contributed by atoms with Crippen LogP contribution < -0.4 is 15.4 Å². The number of rotatable bonds is 8. The Bertz CT molecular complexity index is 718. The third kappa shape index (κ3) is 7.31. The molecule has 1 aromatic carbocycles. The van der Waals surface area contributed by atoms with Crippen molar-refractivity contribution in [1.29, 1.82) is 0 Å². The van der Waals surface area contributed by atoms with Crippen LogP contribution in [0.3, 0.4) is 0 Å². The summed E-state index contributed by atoms with van der Waals surface area (Å²) < 4.78 is 5.38. The summed E-state index contributed by atoms with van der Waals surface area (Å²) in [5.41, 5.74) is 1.39. The van der Waals surface area contributed by atoms with Gasteiger partial charge in [-0.2, -0.15) is 0 Å². The second-order valence-electron chi connectivity index (χ2n) is 6.43. The van der Waals surface area contributed by atoms with E-state index in [0.717, 1.165) is 35.7 Å². The number of methoxy groups -OCH3 is 1. The van der Waals surface area contributed by atoms with Crippen LogP contribution in [0.4, 0.5) is 0 Å². The fourth-order valence-corrected chi connectivity index (χ4v) is 3.36. The van der Waals surface area contributed by atoms with E-state index in [9.17, 15) is 5.11 Å². The van der Waals surface area contributed by atoms with Crippen molar-refractivity contribution in [3.05, 3.63) is 51.7 Å². The van der Waals surface area contributed by atoms with Gasteiger partial charge >= 0.3 is 0 Å². The number of hydrogen-bond donors (Lipinski definition) is 3. The highest BCUT2D eigenvalue weighted by atomic mass is 127. The molecule has 1 unspecified atom stereocenters. The predicted octanol–water partition coefficient (Wildman–Crippen LogP) is 3.69. The first-order valence-corrected chi connectivity index (χ1v) is 9.76. The molecule has 0 spiro atoms. The largest absolute Gasteiger partial charge is 0.496 e. The molecule has 0 radical (unpaired) electrons. The van der Waals surface area contributed by atoms with Crippen LogP contribution in [0.5, 0.6) is 5.75 Å². The lowest BCUT2D eigenvalue weighted by atomic mass is 10.1. The molecule has 0 aliphatic rings. The number of hydrogen-bond acceptors (Lipinski definition) is 4. The van der Waals surface area contributed by atoms with Crippen molar-refractivity contribution in [3.8, 4) is 5.75 Å². The van der Waals surface area contributed by atoms with Crippen LogP contribution in [0.15, 0.2) is 40.7 Å². The Kier molecular flexibility index (Phi) is 10.1. The van der Waals surface area contributed by atoms with Gasteiger partial charge in [-0.1, -0.05) is 18.2 Å². The summed E-state index contributed by atoms with van der Waals surface area (Å²) >= 11 is 1.54. The Balaban J connectivity index is 0.00000364. The Morgan fingerprint density at radius 2 is 2.07 bits per heavy atom. The maximum Gasteiger partial charge on any atom is 0.191 e. The van der Waals surface area contributed by atoms with Gasteiger partial charge in [0.05, 0.1) is 13.7 Å². The standard InChI is InChI=1S/C20H29N3O2S.HI/c1-5-21-19(23-14-20(3,24)18-7-6-12-26-18)22-11-10-16-9-8-15(2)17(13-16)25-4;/h6-9,12-13,24H,5,10-11,14H2,1-4H3,(H2,21,22,23);1H. The number of aliphatic imine (C=N–C) groups is 1. The zero-order valence-corrected chi connectivity index (χ0v) is 19.6. The van der Waals surface area contributed by atoms with Crippen LogP contribution in [0.25, 0.3) is 0 Å². The van der Waals surface area contributed by atoms with Gasteiger partial charge in [0.1, 0.15) is 11.4 Å². The van der Waals surface area contributed by atoms with Crippen molar-refractivity contribution in [2.24, 2.45) is 4.99 Å². The van der Waals surface area contributed by atoms with Crippen LogP contribution in [-0.2, 0) is 12.0 Å². The molecule has 0 amide bonds. The van der Waals surface area contributed by atoms with E-state index < -0.39 is 5.60 Å². The van der Waals surface area contributed by atoms with Gasteiger partial charge in [0.15, 0.2) is 5.96 Å². The third-order valence-corrected chi connectivity index (χ3v) is 5.24. The van der Waals surface area contributed by atoms with Gasteiger partial charge < -0.3 is 20.5 Å². The molecule has 1 atom stereocenters. The molecule has 3 N–H and O–H groups in total. The Morgan fingerprint density at radius 3 is 2.70 bits per heavy atom. The number of ether oxygens (including phenoxy) is 1. The molecule has 2 aromatic rings. The van der Waals surface area contributed by atoms with Crippen LogP contribution in [0, 0.1) is 6.92 Å². The van der Waals surface area contributed by atoms with Gasteiger partial charge in [0.25, 0.3) is 0 Å². The average molecular weight is 503 g/mol. The highest BCUT2D eigenvalue weighted by Crippen LogP contribution is 2.25. The molecular weight excluding hydrogens is 473 g/mol. The van der Waals surface area contributed by atoms with Gasteiger partial charge in [-0.15, -0.1) is 35.3 Å².